The molecule has 0 spiro atoms. The summed E-state index contributed by atoms with van der Waals surface area (Å²) in [4.78, 5) is 12.7. The highest BCUT2D eigenvalue weighted by molar-refractivity contribution is 6.41. The van der Waals surface area contributed by atoms with Crippen molar-refractivity contribution in [3.05, 3.63) is 32.2 Å². The van der Waals surface area contributed by atoms with Gasteiger partial charge in [0.25, 0.3) is 12.0 Å². The highest BCUT2D eigenvalue weighted by atomic mass is 35.5. The SMILES string of the molecule is O=c1[nH]c(Cl)c(Cl)cc1C(F)F. The number of hydrogen-bond acceptors (Lipinski definition) is 1. The number of aromatic nitrogens is 1. The largest absolute Gasteiger partial charge is 0.311 e. The second kappa shape index (κ2) is 3.41. The summed E-state index contributed by atoms with van der Waals surface area (Å²) in [6, 6.07) is 0.855. The molecule has 2 nitrogen and oxygen atoms in total. The van der Waals surface area contributed by atoms with Gasteiger partial charge in [-0.3, -0.25) is 4.79 Å². The Morgan fingerprint density at radius 1 is 1.42 bits per heavy atom. The van der Waals surface area contributed by atoms with Gasteiger partial charge in [-0.1, -0.05) is 23.2 Å². The van der Waals surface area contributed by atoms with E-state index in [1.807, 2.05) is 4.98 Å². The Kier molecular flexibility index (Phi) is 2.69. The molecule has 0 saturated heterocycles. The topological polar surface area (TPSA) is 32.9 Å². The van der Waals surface area contributed by atoms with E-state index in [0.29, 0.717) is 0 Å². The molecule has 0 unspecified atom stereocenters. The average molecular weight is 214 g/mol. The lowest BCUT2D eigenvalue weighted by atomic mass is 10.3. The first-order valence-corrected chi connectivity index (χ1v) is 3.64. The Labute approximate surface area is 76.1 Å². The van der Waals surface area contributed by atoms with Crippen molar-refractivity contribution in [1.29, 1.82) is 0 Å². The Bertz CT molecular complexity index is 350. The zero-order chi connectivity index (χ0) is 9.30. The summed E-state index contributed by atoms with van der Waals surface area (Å²) in [7, 11) is 0. The van der Waals surface area contributed by atoms with Crippen LogP contribution < -0.4 is 5.56 Å². The van der Waals surface area contributed by atoms with Gasteiger partial charge in [-0.25, -0.2) is 8.78 Å². The second-order valence-electron chi connectivity index (χ2n) is 2.02. The molecule has 1 aromatic heterocycles. The van der Waals surface area contributed by atoms with Crippen molar-refractivity contribution in [3.8, 4) is 0 Å². The molecule has 0 fully saturated rings. The van der Waals surface area contributed by atoms with Crippen molar-refractivity contribution in [2.45, 2.75) is 6.43 Å². The van der Waals surface area contributed by atoms with Gasteiger partial charge < -0.3 is 4.98 Å². The molecule has 0 saturated carbocycles. The van der Waals surface area contributed by atoms with Gasteiger partial charge in [0, 0.05) is 0 Å². The van der Waals surface area contributed by atoms with Crippen molar-refractivity contribution < 1.29 is 8.78 Å². The molecule has 1 aromatic rings. The summed E-state index contributed by atoms with van der Waals surface area (Å²) >= 11 is 10.8. The van der Waals surface area contributed by atoms with Crippen molar-refractivity contribution in [3.63, 3.8) is 0 Å². The number of halogens is 4. The molecule has 1 heterocycles. The summed E-state index contributed by atoms with van der Waals surface area (Å²) in [5.74, 6) is 0. The molecule has 1 rings (SSSR count). The summed E-state index contributed by atoms with van der Waals surface area (Å²) in [6.07, 6.45) is -2.84. The summed E-state index contributed by atoms with van der Waals surface area (Å²) in [5.41, 5.74) is -1.59. The Morgan fingerprint density at radius 2 is 2.00 bits per heavy atom. The van der Waals surface area contributed by atoms with Crippen LogP contribution in [-0.2, 0) is 0 Å². The molecule has 6 heteroatoms. The predicted octanol–water partition coefficient (Wildman–Crippen LogP) is 2.62. The molecule has 12 heavy (non-hydrogen) atoms. The fourth-order valence-electron chi connectivity index (χ4n) is 0.659. The molecule has 0 radical (unpaired) electrons. The third kappa shape index (κ3) is 1.76. The second-order valence-corrected chi connectivity index (χ2v) is 2.80. The van der Waals surface area contributed by atoms with Crippen LogP contribution in [0.1, 0.15) is 12.0 Å². The maximum Gasteiger partial charge on any atom is 0.269 e. The number of hydrogen-bond donors (Lipinski definition) is 1. The molecule has 0 aliphatic rings. The van der Waals surface area contributed by atoms with E-state index in [-0.39, 0.29) is 10.2 Å². The van der Waals surface area contributed by atoms with Gasteiger partial charge in [0.15, 0.2) is 0 Å². The van der Waals surface area contributed by atoms with Crippen molar-refractivity contribution in [2.75, 3.05) is 0 Å². The molecular formula is C6H3Cl2F2NO. The third-order valence-electron chi connectivity index (χ3n) is 1.21. The van der Waals surface area contributed by atoms with Crippen LogP contribution in [0.15, 0.2) is 10.9 Å². The molecule has 0 amide bonds. The fraction of sp³-hybridized carbons (Fsp3) is 0.167. The molecule has 66 valence electrons. The molecule has 0 aromatic carbocycles. The van der Waals surface area contributed by atoms with Crippen LogP contribution in [-0.4, -0.2) is 4.98 Å². The van der Waals surface area contributed by atoms with Gasteiger partial charge in [-0.2, -0.15) is 0 Å². The third-order valence-corrected chi connectivity index (χ3v) is 1.91. The van der Waals surface area contributed by atoms with Gasteiger partial charge >= 0.3 is 0 Å². The minimum atomic E-state index is -2.84. The Hall–Kier alpha value is -0.610. The van der Waals surface area contributed by atoms with Crippen molar-refractivity contribution >= 4 is 23.2 Å². The Morgan fingerprint density at radius 3 is 2.50 bits per heavy atom. The number of rotatable bonds is 1. The summed E-state index contributed by atoms with van der Waals surface area (Å²) in [6.45, 7) is 0. The van der Waals surface area contributed by atoms with Crippen LogP contribution in [0.5, 0.6) is 0 Å². The minimum absolute atomic E-state index is 0.0911. The molecule has 0 atom stereocenters. The van der Waals surface area contributed by atoms with Crippen LogP contribution in [0.2, 0.25) is 10.2 Å². The number of aromatic amines is 1. The van der Waals surface area contributed by atoms with Crippen molar-refractivity contribution in [1.82, 2.24) is 4.98 Å². The first-order valence-electron chi connectivity index (χ1n) is 2.88. The quantitative estimate of drug-likeness (QED) is 0.716. The smallest absolute Gasteiger partial charge is 0.269 e. The molecule has 0 aliphatic carbocycles. The molecule has 0 aliphatic heterocycles. The molecular weight excluding hydrogens is 211 g/mol. The van der Waals surface area contributed by atoms with E-state index in [9.17, 15) is 13.6 Å². The maximum absolute atomic E-state index is 12.0. The van der Waals surface area contributed by atoms with Gasteiger partial charge in [0.05, 0.1) is 10.6 Å². The summed E-state index contributed by atoms with van der Waals surface area (Å²) in [5, 5.41) is -0.224. The zero-order valence-corrected chi connectivity index (χ0v) is 7.09. The van der Waals surface area contributed by atoms with Crippen LogP contribution in [0.4, 0.5) is 8.78 Å². The van der Waals surface area contributed by atoms with Crippen LogP contribution in [0, 0.1) is 0 Å². The van der Waals surface area contributed by atoms with Gasteiger partial charge in [0.1, 0.15) is 5.15 Å². The van der Waals surface area contributed by atoms with Crippen molar-refractivity contribution in [2.24, 2.45) is 0 Å². The minimum Gasteiger partial charge on any atom is -0.311 e. The van der Waals surface area contributed by atoms with Gasteiger partial charge in [0.2, 0.25) is 0 Å². The van der Waals surface area contributed by atoms with E-state index >= 15 is 0 Å². The van der Waals surface area contributed by atoms with E-state index in [2.05, 4.69) is 0 Å². The highest BCUT2D eigenvalue weighted by Gasteiger charge is 2.13. The van der Waals surface area contributed by atoms with Gasteiger partial charge in [-0.05, 0) is 6.07 Å². The van der Waals surface area contributed by atoms with E-state index < -0.39 is 17.5 Å². The van der Waals surface area contributed by atoms with E-state index in [0.717, 1.165) is 6.07 Å². The van der Waals surface area contributed by atoms with Gasteiger partial charge in [-0.15, -0.1) is 0 Å². The lowest BCUT2D eigenvalue weighted by Gasteiger charge is -1.99. The number of nitrogens with one attached hydrogen (secondary N) is 1. The summed E-state index contributed by atoms with van der Waals surface area (Å²) < 4.78 is 24.0. The zero-order valence-electron chi connectivity index (χ0n) is 5.57. The number of H-pyrrole nitrogens is 1. The van der Waals surface area contributed by atoms with E-state index in [4.69, 9.17) is 23.2 Å². The van der Waals surface area contributed by atoms with E-state index in [1.54, 1.807) is 0 Å². The fourth-order valence-corrected chi connectivity index (χ4v) is 0.964. The first kappa shape index (κ1) is 9.48. The highest BCUT2D eigenvalue weighted by Crippen LogP contribution is 2.22. The van der Waals surface area contributed by atoms with E-state index in [1.165, 1.54) is 0 Å². The van der Waals surface area contributed by atoms with Crippen LogP contribution in [0.25, 0.3) is 0 Å². The molecule has 0 bridgehead atoms. The monoisotopic (exact) mass is 213 g/mol. The Balaban J connectivity index is 3.33. The standard InChI is InChI=1S/C6H3Cl2F2NO/c7-3-1-2(5(9)10)6(12)11-4(3)8/h1,5H,(H,11,12). The van der Waals surface area contributed by atoms with Crippen LogP contribution in [0.3, 0.4) is 0 Å². The lowest BCUT2D eigenvalue weighted by Crippen LogP contribution is -2.12. The average Bonchev–Trinajstić information content (AvgIpc) is 1.96. The predicted molar refractivity (Wildman–Crippen MR) is 42.0 cm³/mol. The number of alkyl halides is 2. The molecule has 1 N–H and O–H groups in total. The lowest BCUT2D eigenvalue weighted by molar-refractivity contribution is 0.149. The first-order chi connectivity index (χ1) is 5.52. The van der Waals surface area contributed by atoms with Crippen LogP contribution >= 0.6 is 23.2 Å². The maximum atomic E-state index is 12.0. The normalized spacial score (nSPS) is 10.8. The number of pyridine rings is 1.